The third-order valence-electron chi connectivity index (χ3n) is 3.05. The number of sulfonamides is 1. The van der Waals surface area contributed by atoms with Gasteiger partial charge in [0.2, 0.25) is 15.9 Å². The second kappa shape index (κ2) is 8.19. The first-order valence-electron chi connectivity index (χ1n) is 7.02. The minimum Gasteiger partial charge on any atom is -0.356 e. The van der Waals surface area contributed by atoms with Crippen molar-refractivity contribution in [3.05, 3.63) is 53.2 Å². The van der Waals surface area contributed by atoms with Crippen molar-refractivity contribution in [3.8, 4) is 0 Å². The number of hydrogen-bond donors (Lipinski definition) is 2. The summed E-state index contributed by atoms with van der Waals surface area (Å²) < 4.78 is 39.0. The van der Waals surface area contributed by atoms with E-state index >= 15 is 0 Å². The fraction of sp³-hybridized carbons (Fsp3) is 0.267. The lowest BCUT2D eigenvalue weighted by Gasteiger charge is -2.07. The molecule has 1 heterocycles. The minimum atomic E-state index is -3.53. The molecule has 2 rings (SSSR count). The predicted molar refractivity (Wildman–Crippen MR) is 87.2 cm³/mol. The van der Waals surface area contributed by atoms with Crippen molar-refractivity contribution in [2.45, 2.75) is 17.1 Å². The molecule has 0 spiro atoms. The number of rotatable bonds is 8. The fourth-order valence-corrected chi connectivity index (χ4v) is 3.94. The summed E-state index contributed by atoms with van der Waals surface area (Å²) in [5, 5.41) is 4.38. The Balaban J connectivity index is 1.66. The van der Waals surface area contributed by atoms with Crippen molar-refractivity contribution >= 4 is 27.3 Å². The largest absolute Gasteiger partial charge is 0.356 e. The highest BCUT2D eigenvalue weighted by Gasteiger charge is 2.14. The van der Waals surface area contributed by atoms with Gasteiger partial charge in [-0.25, -0.2) is 17.5 Å². The lowest BCUT2D eigenvalue weighted by atomic mass is 10.1. The van der Waals surface area contributed by atoms with Gasteiger partial charge in [-0.05, 0) is 35.6 Å². The zero-order valence-corrected chi connectivity index (χ0v) is 13.9. The van der Waals surface area contributed by atoms with Crippen molar-refractivity contribution < 1.29 is 17.6 Å². The number of nitrogens with one attached hydrogen (secondary N) is 2. The van der Waals surface area contributed by atoms with Gasteiger partial charge < -0.3 is 5.32 Å². The molecule has 0 fully saturated rings. The summed E-state index contributed by atoms with van der Waals surface area (Å²) in [7, 11) is -3.53. The molecule has 0 saturated carbocycles. The molecule has 0 aliphatic heterocycles. The van der Waals surface area contributed by atoms with Gasteiger partial charge >= 0.3 is 0 Å². The molecule has 0 unspecified atom stereocenters. The summed E-state index contributed by atoms with van der Waals surface area (Å²) in [6, 6.07) is 9.23. The van der Waals surface area contributed by atoms with Crippen molar-refractivity contribution in [1.29, 1.82) is 0 Å². The van der Waals surface area contributed by atoms with E-state index in [1.165, 1.54) is 18.2 Å². The maximum absolute atomic E-state index is 12.7. The van der Waals surface area contributed by atoms with E-state index in [2.05, 4.69) is 10.0 Å². The highest BCUT2D eigenvalue weighted by Crippen LogP contribution is 2.14. The SMILES string of the molecule is O=C(CCNS(=O)(=O)c1cccs1)NCCc1ccc(F)cc1. The van der Waals surface area contributed by atoms with Crippen LogP contribution in [-0.2, 0) is 21.2 Å². The van der Waals surface area contributed by atoms with Crippen LogP contribution in [0.2, 0.25) is 0 Å². The van der Waals surface area contributed by atoms with E-state index in [4.69, 9.17) is 0 Å². The van der Waals surface area contributed by atoms with Gasteiger partial charge in [-0.15, -0.1) is 11.3 Å². The molecule has 124 valence electrons. The number of halogens is 1. The molecular formula is C15H17FN2O3S2. The van der Waals surface area contributed by atoms with Gasteiger partial charge in [-0.3, -0.25) is 4.79 Å². The van der Waals surface area contributed by atoms with Crippen LogP contribution < -0.4 is 10.0 Å². The molecule has 1 aromatic carbocycles. The highest BCUT2D eigenvalue weighted by molar-refractivity contribution is 7.91. The molecule has 0 aliphatic carbocycles. The van der Waals surface area contributed by atoms with Gasteiger partial charge in [0.1, 0.15) is 10.0 Å². The lowest BCUT2D eigenvalue weighted by molar-refractivity contribution is -0.120. The van der Waals surface area contributed by atoms with E-state index in [1.807, 2.05) is 0 Å². The van der Waals surface area contributed by atoms with E-state index in [0.717, 1.165) is 16.9 Å². The number of hydrogen-bond acceptors (Lipinski definition) is 4. The maximum atomic E-state index is 12.7. The van der Waals surface area contributed by atoms with E-state index in [1.54, 1.807) is 23.6 Å². The molecule has 1 aromatic heterocycles. The summed E-state index contributed by atoms with van der Waals surface area (Å²) in [5.74, 6) is -0.531. The van der Waals surface area contributed by atoms with E-state index < -0.39 is 10.0 Å². The van der Waals surface area contributed by atoms with Crippen molar-refractivity contribution in [2.75, 3.05) is 13.1 Å². The van der Waals surface area contributed by atoms with Crippen LogP contribution in [0.4, 0.5) is 4.39 Å². The summed E-state index contributed by atoms with van der Waals surface area (Å²) in [4.78, 5) is 11.7. The predicted octanol–water partition coefficient (Wildman–Crippen LogP) is 1.91. The van der Waals surface area contributed by atoms with Crippen LogP contribution in [0, 0.1) is 5.82 Å². The Morgan fingerprint density at radius 2 is 1.87 bits per heavy atom. The smallest absolute Gasteiger partial charge is 0.250 e. The molecule has 0 bridgehead atoms. The van der Waals surface area contributed by atoms with Crippen LogP contribution in [0.15, 0.2) is 46.0 Å². The normalized spacial score (nSPS) is 11.3. The maximum Gasteiger partial charge on any atom is 0.250 e. The van der Waals surface area contributed by atoms with E-state index in [0.29, 0.717) is 13.0 Å². The lowest BCUT2D eigenvalue weighted by Crippen LogP contribution is -2.31. The summed E-state index contributed by atoms with van der Waals surface area (Å²) in [6.45, 7) is 0.463. The molecule has 0 atom stereocenters. The average Bonchev–Trinajstić information content (AvgIpc) is 3.04. The van der Waals surface area contributed by atoms with Gasteiger partial charge in [0, 0.05) is 19.5 Å². The van der Waals surface area contributed by atoms with Crippen LogP contribution in [-0.4, -0.2) is 27.4 Å². The van der Waals surface area contributed by atoms with Crippen LogP contribution in [0.1, 0.15) is 12.0 Å². The standard InChI is InChI=1S/C15H17FN2O3S2/c16-13-5-3-12(4-6-13)7-9-17-14(19)8-10-18-23(20,21)15-2-1-11-22-15/h1-6,11,18H,7-10H2,(H,17,19). The number of thiophene rings is 1. The van der Waals surface area contributed by atoms with Crippen LogP contribution in [0.5, 0.6) is 0 Å². The Morgan fingerprint density at radius 3 is 2.52 bits per heavy atom. The molecule has 0 saturated heterocycles. The third kappa shape index (κ3) is 5.74. The topological polar surface area (TPSA) is 75.3 Å². The molecule has 5 nitrogen and oxygen atoms in total. The summed E-state index contributed by atoms with van der Waals surface area (Å²) >= 11 is 1.12. The highest BCUT2D eigenvalue weighted by atomic mass is 32.2. The molecule has 2 aromatic rings. The van der Waals surface area contributed by atoms with Crippen molar-refractivity contribution in [2.24, 2.45) is 0 Å². The van der Waals surface area contributed by atoms with Gasteiger partial charge in [-0.2, -0.15) is 0 Å². The summed E-state index contributed by atoms with van der Waals surface area (Å²) in [5.41, 5.74) is 0.921. The Labute approximate surface area is 138 Å². The van der Waals surface area contributed by atoms with Gasteiger partial charge in [0.25, 0.3) is 0 Å². The Morgan fingerprint density at radius 1 is 1.13 bits per heavy atom. The molecule has 1 amide bonds. The second-order valence-corrected chi connectivity index (χ2v) is 7.75. The summed E-state index contributed by atoms with van der Waals surface area (Å²) in [6.07, 6.45) is 0.654. The van der Waals surface area contributed by atoms with Crippen LogP contribution >= 0.6 is 11.3 Å². The third-order valence-corrected chi connectivity index (χ3v) is 5.91. The zero-order valence-electron chi connectivity index (χ0n) is 12.3. The first kappa shape index (κ1) is 17.6. The Hall–Kier alpha value is -1.77. The van der Waals surface area contributed by atoms with Gasteiger partial charge in [0.05, 0.1) is 0 Å². The molecule has 8 heteroatoms. The number of benzene rings is 1. The zero-order chi connectivity index (χ0) is 16.7. The molecule has 0 aliphatic rings. The number of amides is 1. The fourth-order valence-electron chi connectivity index (χ4n) is 1.87. The number of carbonyl (C=O) groups excluding carboxylic acids is 1. The minimum absolute atomic E-state index is 0.0443. The first-order chi connectivity index (χ1) is 11.0. The molecule has 2 N–H and O–H groups in total. The average molecular weight is 356 g/mol. The van der Waals surface area contributed by atoms with Crippen molar-refractivity contribution in [1.82, 2.24) is 10.0 Å². The molecular weight excluding hydrogens is 339 g/mol. The molecule has 23 heavy (non-hydrogen) atoms. The first-order valence-corrected chi connectivity index (χ1v) is 9.38. The van der Waals surface area contributed by atoms with E-state index in [-0.39, 0.29) is 28.9 Å². The monoisotopic (exact) mass is 356 g/mol. The van der Waals surface area contributed by atoms with Crippen LogP contribution in [0.25, 0.3) is 0 Å². The van der Waals surface area contributed by atoms with Crippen LogP contribution in [0.3, 0.4) is 0 Å². The molecule has 0 radical (unpaired) electrons. The van der Waals surface area contributed by atoms with Crippen molar-refractivity contribution in [3.63, 3.8) is 0 Å². The quantitative estimate of drug-likeness (QED) is 0.759. The Kier molecular flexibility index (Phi) is 6.26. The van der Waals surface area contributed by atoms with Gasteiger partial charge in [-0.1, -0.05) is 18.2 Å². The van der Waals surface area contributed by atoms with Gasteiger partial charge in [0.15, 0.2) is 0 Å². The Bertz CT molecular complexity index is 729. The second-order valence-electron chi connectivity index (χ2n) is 4.81. The van der Waals surface area contributed by atoms with E-state index in [9.17, 15) is 17.6 Å². The number of carbonyl (C=O) groups is 1.